The van der Waals surface area contributed by atoms with Gasteiger partial charge in [-0.2, -0.15) is 0 Å². The van der Waals surface area contributed by atoms with Crippen LogP contribution in [0.4, 0.5) is 0 Å². The van der Waals surface area contributed by atoms with Crippen molar-refractivity contribution in [2.45, 2.75) is 63.1 Å². The molecule has 0 N–H and O–H groups in total. The summed E-state index contributed by atoms with van der Waals surface area (Å²) in [6.07, 6.45) is 11.5. The maximum absolute atomic E-state index is 3.76. The van der Waals surface area contributed by atoms with E-state index >= 15 is 0 Å². The van der Waals surface area contributed by atoms with Gasteiger partial charge in [0.15, 0.2) is 0 Å². The molecule has 0 spiro atoms. The van der Waals surface area contributed by atoms with Crippen LogP contribution in [-0.2, 0) is 0 Å². The topological polar surface area (TPSA) is 0 Å². The van der Waals surface area contributed by atoms with Gasteiger partial charge in [-0.25, -0.2) is 0 Å². The first-order valence-electron chi connectivity index (χ1n) is 5.43. The number of rotatable bonds is 0. The van der Waals surface area contributed by atoms with Crippen molar-refractivity contribution in [1.29, 1.82) is 0 Å². The molecule has 1 saturated carbocycles. The number of hydrogen-bond acceptors (Lipinski definition) is 0. The predicted molar refractivity (Wildman–Crippen MR) is 58.8 cm³/mol. The van der Waals surface area contributed by atoms with Crippen LogP contribution < -0.4 is 0 Å². The Hall–Kier alpha value is 0.480. The fraction of sp³-hybridized carbons (Fsp3) is 1.00. The van der Waals surface area contributed by atoms with Gasteiger partial charge < -0.3 is 0 Å². The molecule has 1 fully saturated rings. The van der Waals surface area contributed by atoms with Crippen LogP contribution in [0.25, 0.3) is 0 Å². The normalized spacial score (nSPS) is 34.5. The molecule has 1 aliphatic rings. The van der Waals surface area contributed by atoms with Gasteiger partial charge in [-0.05, 0) is 25.2 Å². The van der Waals surface area contributed by atoms with Gasteiger partial charge in [0.2, 0.25) is 0 Å². The fourth-order valence-electron chi connectivity index (χ4n) is 1.97. The minimum atomic E-state index is 0.804. The first-order chi connectivity index (χ1) is 5.79. The first kappa shape index (κ1) is 10.6. The highest BCUT2D eigenvalue weighted by molar-refractivity contribution is 9.09. The third kappa shape index (κ3) is 4.49. The van der Waals surface area contributed by atoms with Crippen molar-refractivity contribution in [3.63, 3.8) is 0 Å². The molecule has 72 valence electrons. The Morgan fingerprint density at radius 1 is 0.833 bits per heavy atom. The van der Waals surface area contributed by atoms with Gasteiger partial charge in [0.05, 0.1) is 0 Å². The minimum absolute atomic E-state index is 0.804. The molecule has 0 radical (unpaired) electrons. The van der Waals surface area contributed by atoms with Crippen LogP contribution in [0.1, 0.15) is 58.3 Å². The molecule has 0 aromatic rings. The molecule has 0 heterocycles. The lowest BCUT2D eigenvalue weighted by Crippen LogP contribution is -2.04. The Balaban J connectivity index is 2.23. The van der Waals surface area contributed by atoms with E-state index in [0.717, 1.165) is 10.7 Å². The molecule has 1 heteroatoms. The molecule has 0 saturated heterocycles. The minimum Gasteiger partial charge on any atom is -0.0891 e. The predicted octanol–water partition coefficient (Wildman–Crippen LogP) is 4.52. The zero-order valence-corrected chi connectivity index (χ0v) is 9.78. The summed E-state index contributed by atoms with van der Waals surface area (Å²) in [4.78, 5) is 0.804. The second-order valence-electron chi connectivity index (χ2n) is 4.27. The zero-order chi connectivity index (χ0) is 8.81. The van der Waals surface area contributed by atoms with Crippen molar-refractivity contribution in [3.05, 3.63) is 0 Å². The monoisotopic (exact) mass is 232 g/mol. The van der Waals surface area contributed by atoms with E-state index in [9.17, 15) is 0 Å². The highest BCUT2D eigenvalue weighted by Crippen LogP contribution is 2.24. The lowest BCUT2D eigenvalue weighted by Gasteiger charge is -2.16. The molecule has 0 aromatic heterocycles. The lowest BCUT2D eigenvalue weighted by molar-refractivity contribution is 0.420. The van der Waals surface area contributed by atoms with Crippen LogP contribution >= 0.6 is 15.9 Å². The van der Waals surface area contributed by atoms with Crippen LogP contribution in [0.15, 0.2) is 0 Å². The summed E-state index contributed by atoms with van der Waals surface area (Å²) in [5, 5.41) is 0. The second-order valence-corrected chi connectivity index (χ2v) is 5.57. The van der Waals surface area contributed by atoms with Crippen LogP contribution in [0, 0.1) is 5.92 Å². The van der Waals surface area contributed by atoms with E-state index < -0.39 is 0 Å². The number of hydrogen-bond donors (Lipinski definition) is 0. The zero-order valence-electron chi connectivity index (χ0n) is 8.19. The van der Waals surface area contributed by atoms with E-state index in [4.69, 9.17) is 0 Å². The summed E-state index contributed by atoms with van der Waals surface area (Å²) in [6, 6.07) is 0. The van der Waals surface area contributed by atoms with Gasteiger partial charge in [0.1, 0.15) is 0 Å². The maximum atomic E-state index is 3.76. The van der Waals surface area contributed by atoms with E-state index in [-0.39, 0.29) is 0 Å². The van der Waals surface area contributed by atoms with E-state index in [2.05, 4.69) is 22.9 Å². The molecule has 2 atom stereocenters. The van der Waals surface area contributed by atoms with Crippen molar-refractivity contribution in [1.82, 2.24) is 0 Å². The highest BCUT2D eigenvalue weighted by Gasteiger charge is 2.09. The van der Waals surface area contributed by atoms with Crippen LogP contribution in [-0.4, -0.2) is 4.83 Å². The van der Waals surface area contributed by atoms with Crippen LogP contribution in [0.2, 0.25) is 0 Å². The SMILES string of the molecule is CC1CCCCCCC(Br)CC1. The van der Waals surface area contributed by atoms with E-state index in [1.165, 1.54) is 51.4 Å². The largest absolute Gasteiger partial charge is 0.0891 e. The summed E-state index contributed by atoms with van der Waals surface area (Å²) in [5.74, 6) is 0.961. The Morgan fingerprint density at radius 2 is 1.50 bits per heavy atom. The van der Waals surface area contributed by atoms with Gasteiger partial charge >= 0.3 is 0 Å². The van der Waals surface area contributed by atoms with Crippen molar-refractivity contribution < 1.29 is 0 Å². The summed E-state index contributed by atoms with van der Waals surface area (Å²) in [6.45, 7) is 2.40. The Labute approximate surface area is 85.3 Å². The van der Waals surface area contributed by atoms with Crippen molar-refractivity contribution >= 4 is 15.9 Å². The molecule has 0 bridgehead atoms. The highest BCUT2D eigenvalue weighted by atomic mass is 79.9. The Kier molecular flexibility index (Phi) is 5.29. The average molecular weight is 233 g/mol. The van der Waals surface area contributed by atoms with Gasteiger partial charge in [0, 0.05) is 4.83 Å². The quantitative estimate of drug-likeness (QED) is 0.539. The lowest BCUT2D eigenvalue weighted by atomic mass is 9.94. The summed E-state index contributed by atoms with van der Waals surface area (Å²) >= 11 is 3.76. The summed E-state index contributed by atoms with van der Waals surface area (Å²) in [5.41, 5.74) is 0. The van der Waals surface area contributed by atoms with E-state index in [1.807, 2.05) is 0 Å². The van der Waals surface area contributed by atoms with Crippen molar-refractivity contribution in [3.8, 4) is 0 Å². The number of halogens is 1. The molecule has 0 aromatic carbocycles. The molecule has 0 nitrogen and oxygen atoms in total. The van der Waals surface area contributed by atoms with E-state index in [1.54, 1.807) is 0 Å². The molecule has 0 amide bonds. The maximum Gasteiger partial charge on any atom is 0.0145 e. The van der Waals surface area contributed by atoms with Gasteiger partial charge in [-0.15, -0.1) is 0 Å². The third-order valence-electron chi connectivity index (χ3n) is 2.94. The Morgan fingerprint density at radius 3 is 2.25 bits per heavy atom. The smallest absolute Gasteiger partial charge is 0.0145 e. The molecule has 2 unspecified atom stereocenters. The van der Waals surface area contributed by atoms with Gasteiger partial charge in [-0.1, -0.05) is 55.0 Å². The third-order valence-corrected chi connectivity index (χ3v) is 3.85. The number of alkyl halides is 1. The van der Waals surface area contributed by atoms with Crippen molar-refractivity contribution in [2.24, 2.45) is 5.92 Å². The Bertz CT molecular complexity index is 97.6. The molecule has 1 rings (SSSR count). The average Bonchev–Trinajstić information content (AvgIpc) is 2.07. The summed E-state index contributed by atoms with van der Waals surface area (Å²) < 4.78 is 0. The van der Waals surface area contributed by atoms with Crippen LogP contribution in [0.3, 0.4) is 0 Å². The molecule has 12 heavy (non-hydrogen) atoms. The summed E-state index contributed by atoms with van der Waals surface area (Å²) in [7, 11) is 0. The molecular formula is C11H21Br. The van der Waals surface area contributed by atoms with E-state index in [0.29, 0.717) is 0 Å². The van der Waals surface area contributed by atoms with Crippen LogP contribution in [0.5, 0.6) is 0 Å². The molecule has 1 aliphatic carbocycles. The van der Waals surface area contributed by atoms with Crippen molar-refractivity contribution in [2.75, 3.05) is 0 Å². The molecule has 0 aliphatic heterocycles. The van der Waals surface area contributed by atoms with Gasteiger partial charge in [-0.3, -0.25) is 0 Å². The van der Waals surface area contributed by atoms with Gasteiger partial charge in [0.25, 0.3) is 0 Å². The first-order valence-corrected chi connectivity index (χ1v) is 6.34. The fourth-order valence-corrected chi connectivity index (χ4v) is 2.55. The standard InChI is InChI=1S/C11H21Br/c1-10-6-4-2-3-5-7-11(12)9-8-10/h10-11H,2-9H2,1H3. The second kappa shape index (κ2) is 6.01. The molecular weight excluding hydrogens is 212 g/mol.